The summed E-state index contributed by atoms with van der Waals surface area (Å²) in [4.78, 5) is 31.8. The minimum absolute atomic E-state index is 0.0201. The standard InChI is InChI=1S/C23H32N4O4/c1-13-17-10-14(30-7)8-9-27(17)20(24-13)23(5,6)25-19(28)18-15-11-26(12-16(15)18)21(29)31-22(2,3)4/h8-10,15-16,18H,11-12H2,1-7H3,(H,25,28)/t15-,16+,18?. The number of pyridine rings is 1. The number of imidazole rings is 1. The molecule has 0 bridgehead atoms. The summed E-state index contributed by atoms with van der Waals surface area (Å²) < 4.78 is 12.8. The predicted octanol–water partition coefficient (Wildman–Crippen LogP) is 3.12. The van der Waals surface area contributed by atoms with E-state index in [1.54, 1.807) is 12.0 Å². The Morgan fingerprint density at radius 3 is 2.39 bits per heavy atom. The predicted molar refractivity (Wildman–Crippen MR) is 116 cm³/mol. The Kier molecular flexibility index (Phi) is 4.94. The number of amides is 2. The molecule has 1 saturated heterocycles. The van der Waals surface area contributed by atoms with Crippen molar-refractivity contribution in [2.45, 2.75) is 52.7 Å². The lowest BCUT2D eigenvalue weighted by molar-refractivity contribution is -0.125. The molecule has 2 amide bonds. The van der Waals surface area contributed by atoms with Gasteiger partial charge in [-0.15, -0.1) is 0 Å². The quantitative estimate of drug-likeness (QED) is 0.809. The Labute approximate surface area is 182 Å². The topological polar surface area (TPSA) is 85.2 Å². The lowest BCUT2D eigenvalue weighted by Gasteiger charge is -2.27. The fourth-order valence-electron chi connectivity index (χ4n) is 4.62. The van der Waals surface area contributed by atoms with Crippen molar-refractivity contribution in [2.75, 3.05) is 20.2 Å². The third kappa shape index (κ3) is 3.95. The normalized spacial score (nSPS) is 22.9. The number of rotatable bonds is 4. The lowest BCUT2D eigenvalue weighted by Crippen LogP contribution is -2.45. The Morgan fingerprint density at radius 1 is 1.16 bits per heavy atom. The summed E-state index contributed by atoms with van der Waals surface area (Å²) in [5, 5.41) is 3.19. The molecule has 2 aromatic rings. The first-order chi connectivity index (χ1) is 14.4. The van der Waals surface area contributed by atoms with Crippen molar-refractivity contribution in [3.8, 4) is 5.75 Å². The molecule has 168 valence electrons. The van der Waals surface area contributed by atoms with Crippen molar-refractivity contribution < 1.29 is 19.1 Å². The molecule has 2 aromatic heterocycles. The zero-order valence-corrected chi connectivity index (χ0v) is 19.4. The SMILES string of the molecule is COc1ccn2c(C(C)(C)NC(=O)C3[C@H]4CN(C(=O)OC(C)(C)C)C[C@@H]34)nc(C)c2c1. The van der Waals surface area contributed by atoms with E-state index >= 15 is 0 Å². The van der Waals surface area contributed by atoms with E-state index in [9.17, 15) is 9.59 Å². The number of ether oxygens (including phenoxy) is 2. The maximum Gasteiger partial charge on any atom is 0.410 e. The summed E-state index contributed by atoms with van der Waals surface area (Å²) in [5.41, 5.74) is 0.671. The Morgan fingerprint density at radius 2 is 1.81 bits per heavy atom. The van der Waals surface area contributed by atoms with Crippen LogP contribution < -0.4 is 10.1 Å². The van der Waals surface area contributed by atoms with Gasteiger partial charge in [0.2, 0.25) is 5.91 Å². The maximum absolute atomic E-state index is 13.1. The van der Waals surface area contributed by atoms with Gasteiger partial charge in [-0.1, -0.05) is 0 Å². The smallest absolute Gasteiger partial charge is 0.410 e. The molecule has 1 aliphatic heterocycles. The molecular weight excluding hydrogens is 396 g/mol. The first-order valence-electron chi connectivity index (χ1n) is 10.7. The minimum Gasteiger partial charge on any atom is -0.497 e. The van der Waals surface area contributed by atoms with Gasteiger partial charge >= 0.3 is 6.09 Å². The van der Waals surface area contributed by atoms with E-state index in [1.165, 1.54) is 0 Å². The van der Waals surface area contributed by atoms with Gasteiger partial charge in [0.15, 0.2) is 0 Å². The Bertz CT molecular complexity index is 1020. The summed E-state index contributed by atoms with van der Waals surface area (Å²) in [6, 6.07) is 3.83. The fraction of sp³-hybridized carbons (Fsp3) is 0.609. The summed E-state index contributed by atoms with van der Waals surface area (Å²) in [6.07, 6.45) is 1.62. The van der Waals surface area contributed by atoms with E-state index in [4.69, 9.17) is 14.5 Å². The third-order valence-electron chi connectivity index (χ3n) is 6.18. The third-order valence-corrected chi connectivity index (χ3v) is 6.18. The molecule has 8 heteroatoms. The molecule has 1 N–H and O–H groups in total. The van der Waals surface area contributed by atoms with Crippen molar-refractivity contribution in [1.29, 1.82) is 0 Å². The van der Waals surface area contributed by atoms with E-state index in [2.05, 4.69) is 5.32 Å². The molecule has 0 radical (unpaired) electrons. The summed E-state index contributed by atoms with van der Waals surface area (Å²) >= 11 is 0. The second kappa shape index (κ2) is 7.14. The van der Waals surface area contributed by atoms with Crippen LogP contribution in [0.2, 0.25) is 0 Å². The molecule has 8 nitrogen and oxygen atoms in total. The molecule has 2 fully saturated rings. The van der Waals surface area contributed by atoms with Crippen molar-refractivity contribution in [3.05, 3.63) is 29.8 Å². The highest BCUT2D eigenvalue weighted by Crippen LogP contribution is 2.52. The van der Waals surface area contributed by atoms with E-state index in [1.807, 2.05) is 64.3 Å². The highest BCUT2D eigenvalue weighted by molar-refractivity contribution is 5.84. The van der Waals surface area contributed by atoms with E-state index in [-0.39, 0.29) is 29.8 Å². The number of fused-ring (bicyclic) bond motifs is 2. The molecule has 3 atom stereocenters. The molecule has 1 unspecified atom stereocenters. The number of piperidine rings is 1. The lowest BCUT2D eigenvalue weighted by atomic mass is 10.0. The van der Waals surface area contributed by atoms with Gasteiger partial charge in [0.1, 0.15) is 17.2 Å². The molecule has 1 saturated carbocycles. The van der Waals surface area contributed by atoms with Crippen molar-refractivity contribution >= 4 is 17.5 Å². The average Bonchev–Trinajstić information content (AvgIpc) is 3.00. The van der Waals surface area contributed by atoms with Crippen LogP contribution in [-0.4, -0.2) is 52.1 Å². The van der Waals surface area contributed by atoms with Gasteiger partial charge in [-0.2, -0.15) is 0 Å². The zero-order chi connectivity index (χ0) is 22.7. The van der Waals surface area contributed by atoms with E-state index in [0.717, 1.165) is 22.8 Å². The summed E-state index contributed by atoms with van der Waals surface area (Å²) in [7, 11) is 1.64. The fourth-order valence-corrected chi connectivity index (χ4v) is 4.62. The number of carbonyl (C=O) groups excluding carboxylic acids is 2. The number of hydrogen-bond donors (Lipinski definition) is 1. The van der Waals surface area contributed by atoms with Crippen molar-refractivity contribution in [1.82, 2.24) is 19.6 Å². The summed E-state index contributed by atoms with van der Waals surface area (Å²) in [6.45, 7) is 12.6. The highest BCUT2D eigenvalue weighted by atomic mass is 16.6. The van der Waals surface area contributed by atoms with Crippen LogP contribution in [0.25, 0.3) is 5.52 Å². The molecule has 1 aliphatic carbocycles. The highest BCUT2D eigenvalue weighted by Gasteiger charge is 2.61. The first-order valence-corrected chi connectivity index (χ1v) is 10.7. The van der Waals surface area contributed by atoms with Gasteiger partial charge in [0, 0.05) is 31.3 Å². The minimum atomic E-state index is -0.648. The van der Waals surface area contributed by atoms with Crippen LogP contribution in [0, 0.1) is 24.7 Å². The Hall–Kier alpha value is -2.77. The number of aromatic nitrogens is 2. The first kappa shape index (κ1) is 21.5. The number of nitrogens with zero attached hydrogens (tertiary/aromatic N) is 3. The van der Waals surface area contributed by atoms with E-state index < -0.39 is 11.1 Å². The number of likely N-dealkylation sites (tertiary alicyclic amines) is 1. The van der Waals surface area contributed by atoms with Crippen LogP contribution in [-0.2, 0) is 15.1 Å². The van der Waals surface area contributed by atoms with Crippen LogP contribution in [0.5, 0.6) is 5.75 Å². The Balaban J connectivity index is 1.42. The van der Waals surface area contributed by atoms with Crippen molar-refractivity contribution in [3.63, 3.8) is 0 Å². The molecule has 0 spiro atoms. The molecule has 31 heavy (non-hydrogen) atoms. The van der Waals surface area contributed by atoms with Crippen LogP contribution in [0.4, 0.5) is 4.79 Å². The number of carbonyl (C=O) groups is 2. The monoisotopic (exact) mass is 428 g/mol. The summed E-state index contributed by atoms with van der Waals surface area (Å²) in [5.74, 6) is 1.90. The van der Waals surface area contributed by atoms with Gasteiger partial charge in [0.25, 0.3) is 0 Å². The van der Waals surface area contributed by atoms with E-state index in [0.29, 0.717) is 13.1 Å². The number of methoxy groups -OCH3 is 1. The second-order valence-corrected chi connectivity index (χ2v) is 10.2. The molecule has 2 aliphatic rings. The zero-order valence-electron chi connectivity index (χ0n) is 19.4. The average molecular weight is 429 g/mol. The van der Waals surface area contributed by atoms with Gasteiger partial charge in [-0.3, -0.25) is 4.79 Å². The number of hydrogen-bond acceptors (Lipinski definition) is 5. The van der Waals surface area contributed by atoms with Gasteiger partial charge in [-0.25, -0.2) is 9.78 Å². The largest absolute Gasteiger partial charge is 0.497 e. The van der Waals surface area contributed by atoms with Gasteiger partial charge in [-0.05, 0) is 59.4 Å². The molecule has 4 rings (SSSR count). The maximum atomic E-state index is 13.1. The molecular formula is C23H32N4O4. The van der Waals surface area contributed by atoms with Crippen LogP contribution in [0.1, 0.15) is 46.1 Å². The van der Waals surface area contributed by atoms with Gasteiger partial charge < -0.3 is 24.1 Å². The van der Waals surface area contributed by atoms with Crippen LogP contribution in [0.15, 0.2) is 18.3 Å². The van der Waals surface area contributed by atoms with Crippen LogP contribution >= 0.6 is 0 Å². The molecule has 3 heterocycles. The van der Waals surface area contributed by atoms with Gasteiger partial charge in [0.05, 0.1) is 23.9 Å². The van der Waals surface area contributed by atoms with Crippen LogP contribution in [0.3, 0.4) is 0 Å². The number of aryl methyl sites for hydroxylation is 1. The second-order valence-electron chi connectivity index (χ2n) is 10.2. The molecule has 0 aromatic carbocycles. The van der Waals surface area contributed by atoms with Crippen molar-refractivity contribution in [2.24, 2.45) is 17.8 Å². The number of nitrogens with one attached hydrogen (secondary N) is 1.